The molecular formula is C17H12F2N2O2S. The minimum atomic E-state index is -0.813. The number of rotatable bonds is 4. The first kappa shape index (κ1) is 16.2. The summed E-state index contributed by atoms with van der Waals surface area (Å²) in [6.45, 7) is 0. The van der Waals surface area contributed by atoms with Crippen LogP contribution in [0.4, 0.5) is 8.78 Å². The summed E-state index contributed by atoms with van der Waals surface area (Å²) >= 11 is 1.27. The van der Waals surface area contributed by atoms with Gasteiger partial charge >= 0.3 is 5.97 Å². The standard InChI is InChI=1S/C17H12F2N2O2S/c1-23-17(22)11-7-13(18)12(14(19)8-11)9-15-20-21-16(24-15)10-5-3-2-4-6-10/h2-8H,9H2,1H3. The number of ether oxygens (including phenoxy) is 1. The van der Waals surface area contributed by atoms with Crippen LogP contribution in [-0.4, -0.2) is 23.3 Å². The van der Waals surface area contributed by atoms with Crippen molar-refractivity contribution >= 4 is 17.3 Å². The van der Waals surface area contributed by atoms with Gasteiger partial charge in [0.1, 0.15) is 21.6 Å². The van der Waals surface area contributed by atoms with E-state index in [9.17, 15) is 13.6 Å². The monoisotopic (exact) mass is 346 g/mol. The van der Waals surface area contributed by atoms with Crippen molar-refractivity contribution in [3.63, 3.8) is 0 Å². The zero-order valence-corrected chi connectivity index (χ0v) is 13.4. The molecule has 0 amide bonds. The molecule has 3 rings (SSSR count). The molecule has 0 aliphatic heterocycles. The molecule has 24 heavy (non-hydrogen) atoms. The predicted molar refractivity (Wildman–Crippen MR) is 85.8 cm³/mol. The van der Waals surface area contributed by atoms with Crippen LogP contribution < -0.4 is 0 Å². The molecule has 0 aliphatic carbocycles. The number of aromatic nitrogens is 2. The molecule has 0 bridgehead atoms. The van der Waals surface area contributed by atoms with Crippen LogP contribution in [0.15, 0.2) is 42.5 Å². The molecule has 122 valence electrons. The average molecular weight is 346 g/mol. The van der Waals surface area contributed by atoms with E-state index in [1.165, 1.54) is 11.3 Å². The highest BCUT2D eigenvalue weighted by molar-refractivity contribution is 7.14. The van der Waals surface area contributed by atoms with E-state index < -0.39 is 17.6 Å². The minimum absolute atomic E-state index is 0.0381. The SMILES string of the molecule is COC(=O)c1cc(F)c(Cc2nnc(-c3ccccc3)s2)c(F)c1. The highest BCUT2D eigenvalue weighted by Crippen LogP contribution is 2.26. The van der Waals surface area contributed by atoms with Crippen molar-refractivity contribution in [2.75, 3.05) is 7.11 Å². The summed E-state index contributed by atoms with van der Waals surface area (Å²) in [5.74, 6) is -2.42. The van der Waals surface area contributed by atoms with Crippen molar-refractivity contribution in [2.45, 2.75) is 6.42 Å². The van der Waals surface area contributed by atoms with E-state index in [4.69, 9.17) is 0 Å². The highest BCUT2D eigenvalue weighted by atomic mass is 32.1. The van der Waals surface area contributed by atoms with Crippen LogP contribution in [0.5, 0.6) is 0 Å². The topological polar surface area (TPSA) is 52.1 Å². The van der Waals surface area contributed by atoms with Crippen LogP contribution in [0.3, 0.4) is 0 Å². The van der Waals surface area contributed by atoms with E-state index in [1.54, 1.807) is 0 Å². The van der Waals surface area contributed by atoms with Crippen LogP contribution in [0.25, 0.3) is 10.6 Å². The second-order valence-corrected chi connectivity index (χ2v) is 6.02. The van der Waals surface area contributed by atoms with Gasteiger partial charge < -0.3 is 4.74 Å². The molecule has 3 aromatic rings. The highest BCUT2D eigenvalue weighted by Gasteiger charge is 2.17. The van der Waals surface area contributed by atoms with Crippen LogP contribution in [-0.2, 0) is 11.2 Å². The maximum Gasteiger partial charge on any atom is 0.338 e. The van der Waals surface area contributed by atoms with Gasteiger partial charge in [-0.2, -0.15) is 0 Å². The molecular weight excluding hydrogens is 334 g/mol. The van der Waals surface area contributed by atoms with Crippen molar-refractivity contribution in [3.8, 4) is 10.6 Å². The first-order valence-corrected chi connectivity index (χ1v) is 7.84. The number of carbonyl (C=O) groups is 1. The van der Waals surface area contributed by atoms with Gasteiger partial charge in [-0.05, 0) is 12.1 Å². The Labute approximate surface area is 140 Å². The lowest BCUT2D eigenvalue weighted by atomic mass is 10.1. The molecule has 0 saturated carbocycles. The number of esters is 1. The smallest absolute Gasteiger partial charge is 0.338 e. The first-order valence-electron chi connectivity index (χ1n) is 7.02. The van der Waals surface area contributed by atoms with Crippen molar-refractivity contribution in [1.82, 2.24) is 10.2 Å². The lowest BCUT2D eigenvalue weighted by Gasteiger charge is -2.05. The maximum absolute atomic E-state index is 14.1. The number of halogens is 2. The third-order valence-electron chi connectivity index (χ3n) is 3.38. The van der Waals surface area contributed by atoms with E-state index in [0.717, 1.165) is 24.8 Å². The summed E-state index contributed by atoms with van der Waals surface area (Å²) in [4.78, 5) is 11.4. The zero-order valence-electron chi connectivity index (χ0n) is 12.6. The van der Waals surface area contributed by atoms with E-state index in [-0.39, 0.29) is 17.5 Å². The van der Waals surface area contributed by atoms with Crippen molar-refractivity contribution in [3.05, 3.63) is 70.2 Å². The van der Waals surface area contributed by atoms with Gasteiger partial charge in [0.2, 0.25) is 0 Å². The molecule has 0 saturated heterocycles. The van der Waals surface area contributed by atoms with E-state index >= 15 is 0 Å². The molecule has 1 aromatic heterocycles. The molecule has 0 atom stereocenters. The summed E-state index contributed by atoms with van der Waals surface area (Å²) in [6.07, 6.45) is -0.0381. The molecule has 4 nitrogen and oxygen atoms in total. The van der Waals surface area contributed by atoms with Gasteiger partial charge in [-0.25, -0.2) is 13.6 Å². The predicted octanol–water partition coefficient (Wildman–Crippen LogP) is 3.86. The number of methoxy groups -OCH3 is 1. The van der Waals surface area contributed by atoms with E-state index in [1.807, 2.05) is 30.3 Å². The number of hydrogen-bond donors (Lipinski definition) is 0. The zero-order chi connectivity index (χ0) is 17.1. The number of benzene rings is 2. The van der Waals surface area contributed by atoms with Crippen LogP contribution >= 0.6 is 11.3 Å². The quantitative estimate of drug-likeness (QED) is 0.673. The second-order valence-electron chi connectivity index (χ2n) is 4.95. The molecule has 0 aliphatic rings. The number of carbonyl (C=O) groups excluding carboxylic acids is 1. The van der Waals surface area contributed by atoms with Gasteiger partial charge in [-0.15, -0.1) is 10.2 Å². The average Bonchev–Trinajstić information content (AvgIpc) is 3.06. The van der Waals surface area contributed by atoms with Crippen molar-refractivity contribution < 1.29 is 18.3 Å². The van der Waals surface area contributed by atoms with Crippen LogP contribution in [0, 0.1) is 11.6 Å². The third kappa shape index (κ3) is 3.30. The van der Waals surface area contributed by atoms with Crippen LogP contribution in [0.2, 0.25) is 0 Å². The lowest BCUT2D eigenvalue weighted by molar-refractivity contribution is 0.0599. The first-order chi connectivity index (χ1) is 11.6. The second kappa shape index (κ2) is 6.84. The Bertz CT molecular complexity index is 858. The fourth-order valence-electron chi connectivity index (χ4n) is 2.18. The van der Waals surface area contributed by atoms with Gasteiger partial charge in [0.25, 0.3) is 0 Å². The molecule has 0 spiro atoms. The molecule has 0 unspecified atom stereocenters. The van der Waals surface area contributed by atoms with Gasteiger partial charge in [-0.1, -0.05) is 41.7 Å². The Morgan fingerprint density at radius 2 is 1.79 bits per heavy atom. The van der Waals surface area contributed by atoms with Gasteiger partial charge in [-0.3, -0.25) is 0 Å². The molecule has 1 heterocycles. The fraction of sp³-hybridized carbons (Fsp3) is 0.118. The maximum atomic E-state index is 14.1. The minimum Gasteiger partial charge on any atom is -0.465 e. The Morgan fingerprint density at radius 1 is 1.12 bits per heavy atom. The molecule has 0 N–H and O–H groups in total. The summed E-state index contributed by atoms with van der Waals surface area (Å²) in [6, 6.07) is 11.3. The summed E-state index contributed by atoms with van der Waals surface area (Å²) in [5.41, 5.74) is 0.570. The van der Waals surface area contributed by atoms with E-state index in [0.29, 0.717) is 10.0 Å². The number of hydrogen-bond acceptors (Lipinski definition) is 5. The Kier molecular flexibility index (Phi) is 4.61. The summed E-state index contributed by atoms with van der Waals surface area (Å²) in [7, 11) is 1.15. The molecule has 7 heteroatoms. The van der Waals surface area contributed by atoms with Gasteiger partial charge in [0.05, 0.1) is 12.7 Å². The molecule has 2 aromatic carbocycles. The van der Waals surface area contributed by atoms with Crippen molar-refractivity contribution in [2.24, 2.45) is 0 Å². The molecule has 0 radical (unpaired) electrons. The number of nitrogens with zero attached hydrogens (tertiary/aromatic N) is 2. The van der Waals surface area contributed by atoms with Gasteiger partial charge in [0, 0.05) is 17.5 Å². The normalized spacial score (nSPS) is 10.6. The van der Waals surface area contributed by atoms with Crippen LogP contribution in [0.1, 0.15) is 20.9 Å². The van der Waals surface area contributed by atoms with Gasteiger partial charge in [0.15, 0.2) is 0 Å². The largest absolute Gasteiger partial charge is 0.465 e. The molecule has 0 fully saturated rings. The summed E-state index contributed by atoms with van der Waals surface area (Å²) < 4.78 is 32.7. The lowest BCUT2D eigenvalue weighted by Crippen LogP contribution is -2.06. The van der Waals surface area contributed by atoms with E-state index in [2.05, 4.69) is 14.9 Å². The Morgan fingerprint density at radius 3 is 2.42 bits per heavy atom. The fourth-order valence-corrected chi connectivity index (χ4v) is 3.04. The third-order valence-corrected chi connectivity index (χ3v) is 4.35. The summed E-state index contributed by atoms with van der Waals surface area (Å²) in [5, 5.41) is 9.20. The van der Waals surface area contributed by atoms with Crippen molar-refractivity contribution in [1.29, 1.82) is 0 Å². The Hall–Kier alpha value is -2.67. The Balaban J connectivity index is 1.87.